The van der Waals surface area contributed by atoms with Crippen LogP contribution in [0.4, 0.5) is 10.1 Å². The molecule has 3 aromatic rings. The Kier molecular flexibility index (Phi) is 5.05. The van der Waals surface area contributed by atoms with Gasteiger partial charge in [-0.25, -0.2) is 12.8 Å². The van der Waals surface area contributed by atoms with E-state index in [4.69, 9.17) is 4.42 Å². The zero-order valence-corrected chi connectivity index (χ0v) is 16.1. The van der Waals surface area contributed by atoms with Crippen LogP contribution in [0, 0.1) is 17.1 Å². The number of nitrogens with zero attached hydrogens (tertiary/aromatic N) is 4. The number of hydrogen-bond acceptors (Lipinski definition) is 6. The summed E-state index contributed by atoms with van der Waals surface area (Å²) in [5, 5.41) is 8.90. The number of aromatic nitrogens is 1. The Morgan fingerprint density at radius 3 is 2.31 bits per heavy atom. The fourth-order valence-corrected chi connectivity index (χ4v) is 4.65. The zero-order valence-electron chi connectivity index (χ0n) is 15.3. The molecule has 0 unspecified atom stereocenters. The fraction of sp³-hybridized carbons (Fsp3) is 0.200. The van der Waals surface area contributed by atoms with Gasteiger partial charge in [-0.15, -0.1) is 0 Å². The van der Waals surface area contributed by atoms with Crippen LogP contribution in [0.2, 0.25) is 0 Å². The number of rotatable bonds is 4. The van der Waals surface area contributed by atoms with Crippen molar-refractivity contribution < 1.29 is 17.2 Å². The lowest BCUT2D eigenvalue weighted by Gasteiger charge is -2.34. The van der Waals surface area contributed by atoms with Gasteiger partial charge in [0.05, 0.1) is 5.69 Å². The number of nitriles is 1. The van der Waals surface area contributed by atoms with Crippen LogP contribution in [0.25, 0.3) is 11.5 Å². The van der Waals surface area contributed by atoms with E-state index in [0.29, 0.717) is 24.3 Å². The summed E-state index contributed by atoms with van der Waals surface area (Å²) in [5.41, 5.74) is 0.739. The molecule has 0 saturated carbocycles. The molecule has 7 nitrogen and oxygen atoms in total. The molecule has 9 heteroatoms. The molecule has 1 aliphatic heterocycles. The highest BCUT2D eigenvalue weighted by Crippen LogP contribution is 2.28. The Morgan fingerprint density at radius 2 is 1.66 bits per heavy atom. The molecular weight excluding hydrogens is 395 g/mol. The molecule has 2 heterocycles. The second-order valence-corrected chi connectivity index (χ2v) is 8.31. The summed E-state index contributed by atoms with van der Waals surface area (Å²) in [4.78, 5) is 5.83. The highest BCUT2D eigenvalue weighted by atomic mass is 32.2. The lowest BCUT2D eigenvalue weighted by atomic mass is 10.2. The predicted octanol–water partition coefficient (Wildman–Crippen LogP) is 2.86. The van der Waals surface area contributed by atoms with Crippen molar-refractivity contribution in [2.24, 2.45) is 0 Å². The third-order valence-electron chi connectivity index (χ3n) is 4.73. The number of anilines is 1. The standard InChI is InChI=1S/C20H17FN4O3S/c21-16-8-4-5-9-18(16)24-10-12-25(13-11-24)29(26,27)20-17(14-22)23-19(28-20)15-6-2-1-3-7-15/h1-9H,10-13H2. The highest BCUT2D eigenvalue weighted by Gasteiger charge is 2.35. The topological polar surface area (TPSA) is 90.4 Å². The van der Waals surface area contributed by atoms with Crippen molar-refractivity contribution in [3.63, 3.8) is 0 Å². The summed E-state index contributed by atoms with van der Waals surface area (Å²) in [5.74, 6) is -0.274. The molecule has 1 saturated heterocycles. The first-order chi connectivity index (χ1) is 14.0. The van der Waals surface area contributed by atoms with Crippen LogP contribution < -0.4 is 4.90 Å². The van der Waals surface area contributed by atoms with Crippen LogP contribution in [0.15, 0.2) is 64.1 Å². The van der Waals surface area contributed by atoms with Gasteiger partial charge >= 0.3 is 0 Å². The van der Waals surface area contributed by atoms with Gasteiger partial charge in [0, 0.05) is 31.7 Å². The summed E-state index contributed by atoms with van der Waals surface area (Å²) in [6.07, 6.45) is 0. The molecule has 1 aromatic heterocycles. The molecule has 148 valence electrons. The second-order valence-electron chi connectivity index (χ2n) is 6.48. The van der Waals surface area contributed by atoms with Crippen LogP contribution >= 0.6 is 0 Å². The van der Waals surface area contributed by atoms with Crippen molar-refractivity contribution in [1.29, 1.82) is 5.26 Å². The van der Waals surface area contributed by atoms with E-state index in [1.807, 2.05) is 6.07 Å². The van der Waals surface area contributed by atoms with E-state index in [0.717, 1.165) is 0 Å². The van der Waals surface area contributed by atoms with Crippen molar-refractivity contribution in [1.82, 2.24) is 9.29 Å². The maximum Gasteiger partial charge on any atom is 0.279 e. The minimum Gasteiger partial charge on any atom is -0.422 e. The van der Waals surface area contributed by atoms with Gasteiger partial charge in [-0.2, -0.15) is 14.6 Å². The molecular formula is C20H17FN4O3S. The van der Waals surface area contributed by atoms with E-state index in [-0.39, 0.29) is 30.5 Å². The van der Waals surface area contributed by atoms with Gasteiger partial charge in [-0.3, -0.25) is 0 Å². The number of piperazine rings is 1. The summed E-state index contributed by atoms with van der Waals surface area (Å²) in [6.45, 7) is 0.926. The first-order valence-electron chi connectivity index (χ1n) is 8.96. The first-order valence-corrected chi connectivity index (χ1v) is 10.4. The SMILES string of the molecule is N#Cc1nc(-c2ccccc2)oc1S(=O)(=O)N1CCN(c2ccccc2F)CC1. The average molecular weight is 412 g/mol. The number of halogens is 1. The lowest BCUT2D eigenvalue weighted by Crippen LogP contribution is -2.49. The van der Waals surface area contributed by atoms with Crippen molar-refractivity contribution in [3.8, 4) is 17.5 Å². The number of benzene rings is 2. The number of para-hydroxylation sites is 1. The second kappa shape index (κ2) is 7.66. The van der Waals surface area contributed by atoms with E-state index >= 15 is 0 Å². The van der Waals surface area contributed by atoms with Gasteiger partial charge in [0.2, 0.25) is 5.89 Å². The monoisotopic (exact) mass is 412 g/mol. The molecule has 1 aliphatic rings. The van der Waals surface area contributed by atoms with Gasteiger partial charge < -0.3 is 9.32 Å². The molecule has 0 aliphatic carbocycles. The molecule has 0 spiro atoms. The van der Waals surface area contributed by atoms with Crippen LogP contribution in [0.5, 0.6) is 0 Å². The summed E-state index contributed by atoms with van der Waals surface area (Å²) < 4.78 is 46.9. The van der Waals surface area contributed by atoms with E-state index in [1.165, 1.54) is 10.4 Å². The predicted molar refractivity (Wildman–Crippen MR) is 104 cm³/mol. The summed E-state index contributed by atoms with van der Waals surface area (Å²) in [6, 6.07) is 17.0. The average Bonchev–Trinajstić information content (AvgIpc) is 3.20. The van der Waals surface area contributed by atoms with Crippen molar-refractivity contribution in [2.75, 3.05) is 31.1 Å². The Labute approximate surface area is 167 Å². The first kappa shape index (κ1) is 19.1. The van der Waals surface area contributed by atoms with Gasteiger partial charge in [-0.05, 0) is 24.3 Å². The zero-order chi connectivity index (χ0) is 20.4. The van der Waals surface area contributed by atoms with E-state index in [2.05, 4.69) is 4.98 Å². The summed E-state index contributed by atoms with van der Waals surface area (Å²) >= 11 is 0. The van der Waals surface area contributed by atoms with Gasteiger partial charge in [-0.1, -0.05) is 30.3 Å². The van der Waals surface area contributed by atoms with Crippen molar-refractivity contribution in [2.45, 2.75) is 5.09 Å². The lowest BCUT2D eigenvalue weighted by molar-refractivity contribution is 0.362. The Balaban J connectivity index is 1.58. The Morgan fingerprint density at radius 1 is 1.00 bits per heavy atom. The number of hydrogen-bond donors (Lipinski definition) is 0. The Hall–Kier alpha value is -3.22. The highest BCUT2D eigenvalue weighted by molar-refractivity contribution is 7.89. The van der Waals surface area contributed by atoms with E-state index in [1.54, 1.807) is 53.4 Å². The quantitative estimate of drug-likeness (QED) is 0.655. The molecule has 4 rings (SSSR count). The molecule has 0 bridgehead atoms. The van der Waals surface area contributed by atoms with Crippen LogP contribution in [-0.4, -0.2) is 43.9 Å². The maximum absolute atomic E-state index is 14.0. The normalized spacial score (nSPS) is 15.2. The fourth-order valence-electron chi connectivity index (χ4n) is 3.25. The van der Waals surface area contributed by atoms with Crippen molar-refractivity contribution in [3.05, 3.63) is 66.1 Å². The third kappa shape index (κ3) is 3.60. The summed E-state index contributed by atoms with van der Waals surface area (Å²) in [7, 11) is -4.05. The molecule has 2 aromatic carbocycles. The number of sulfonamides is 1. The largest absolute Gasteiger partial charge is 0.422 e. The van der Waals surface area contributed by atoms with Crippen molar-refractivity contribution >= 4 is 15.7 Å². The maximum atomic E-state index is 14.0. The van der Waals surface area contributed by atoms with Crippen LogP contribution in [0.1, 0.15) is 5.69 Å². The Bertz CT molecular complexity index is 1160. The van der Waals surface area contributed by atoms with Crippen LogP contribution in [0.3, 0.4) is 0 Å². The van der Waals surface area contributed by atoms with Gasteiger partial charge in [0.1, 0.15) is 11.9 Å². The van der Waals surface area contributed by atoms with Gasteiger partial charge in [0.15, 0.2) is 5.69 Å². The minimum absolute atomic E-state index is 0.0747. The molecule has 0 amide bonds. The minimum atomic E-state index is -4.05. The van der Waals surface area contributed by atoms with E-state index in [9.17, 15) is 18.1 Å². The molecule has 0 N–H and O–H groups in total. The van der Waals surface area contributed by atoms with E-state index < -0.39 is 15.1 Å². The third-order valence-corrected chi connectivity index (χ3v) is 6.52. The molecule has 29 heavy (non-hydrogen) atoms. The smallest absolute Gasteiger partial charge is 0.279 e. The molecule has 0 radical (unpaired) electrons. The molecule has 0 atom stereocenters. The number of oxazole rings is 1. The van der Waals surface area contributed by atoms with Crippen LogP contribution in [-0.2, 0) is 10.0 Å². The van der Waals surface area contributed by atoms with Gasteiger partial charge in [0.25, 0.3) is 15.1 Å². The molecule has 1 fully saturated rings.